The average Bonchev–Trinajstić information content (AvgIpc) is 2.32. The molecule has 1 rings (SSSR count). The van der Waals surface area contributed by atoms with Gasteiger partial charge in [0, 0.05) is 7.05 Å². The number of hydrogen-bond donors (Lipinski definition) is 5. The number of benzene rings is 1. The van der Waals surface area contributed by atoms with Crippen LogP contribution >= 0.6 is 0 Å². The molecule has 7 nitrogen and oxygen atoms in total. The van der Waals surface area contributed by atoms with Crippen LogP contribution in [0, 0.1) is 0 Å². The Hall–Kier alpha value is -1.54. The molecule has 1 unspecified atom stereocenters. The lowest BCUT2D eigenvalue weighted by molar-refractivity contribution is 0.0899. The molecule has 1 aromatic rings. The van der Waals surface area contributed by atoms with Gasteiger partial charge in [-0.3, -0.25) is 0 Å². The van der Waals surface area contributed by atoms with Gasteiger partial charge in [0.05, 0.1) is 42.9 Å². The maximum Gasteiger partial charge on any atom is 0.0799 e. The minimum Gasteiger partial charge on any atom is -0.397 e. The van der Waals surface area contributed by atoms with Crippen molar-refractivity contribution in [1.29, 1.82) is 0 Å². The number of hydrogen-bond acceptors (Lipinski definition) is 7. The average molecular weight is 255 g/mol. The molecule has 0 aliphatic rings. The van der Waals surface area contributed by atoms with Gasteiger partial charge in [-0.05, 0) is 17.7 Å². The van der Waals surface area contributed by atoms with Gasteiger partial charge in [-0.2, -0.15) is 0 Å². The van der Waals surface area contributed by atoms with E-state index < -0.39 is 0 Å². The zero-order valence-electron chi connectivity index (χ0n) is 10.5. The predicted molar refractivity (Wildman–Crippen MR) is 72.6 cm³/mol. The lowest BCUT2D eigenvalue weighted by atomic mass is 10.1. The van der Waals surface area contributed by atoms with E-state index in [9.17, 15) is 0 Å². The van der Waals surface area contributed by atoms with Crippen LogP contribution in [0.25, 0.3) is 0 Å². The first kappa shape index (κ1) is 14.5. The third-order valence-electron chi connectivity index (χ3n) is 2.47. The minimum atomic E-state index is -0.382. The van der Waals surface area contributed by atoms with Crippen molar-refractivity contribution >= 4 is 17.1 Å². The van der Waals surface area contributed by atoms with Crippen molar-refractivity contribution in [3.05, 3.63) is 17.7 Å². The fourth-order valence-electron chi connectivity index (χ4n) is 1.48. The first-order valence-electron chi connectivity index (χ1n) is 5.56. The molecule has 0 heterocycles. The molecule has 18 heavy (non-hydrogen) atoms. The van der Waals surface area contributed by atoms with E-state index in [2.05, 4.69) is 0 Å². The highest BCUT2D eigenvalue weighted by Crippen LogP contribution is 2.28. The Morgan fingerprint density at radius 3 is 2.61 bits per heavy atom. The Balaban J connectivity index is 2.72. The molecule has 0 saturated carbocycles. The Labute approximate surface area is 106 Å². The molecule has 0 bridgehead atoms. The Bertz CT molecular complexity index is 397. The standard InChI is InChI=1S/C11H21N5O2/c1-16(15)10-3-7(2-9(13)11(10)14)5-18-6-8(12)4-17/h2-3,8,17H,4-6,12-15H2,1H3. The smallest absolute Gasteiger partial charge is 0.0799 e. The minimum absolute atomic E-state index is 0.110. The number of ether oxygens (including phenoxy) is 1. The fourth-order valence-corrected chi connectivity index (χ4v) is 1.48. The molecular weight excluding hydrogens is 234 g/mol. The van der Waals surface area contributed by atoms with Gasteiger partial charge in [-0.25, -0.2) is 5.84 Å². The maximum absolute atomic E-state index is 8.76. The van der Waals surface area contributed by atoms with Gasteiger partial charge in [-0.1, -0.05) is 0 Å². The number of rotatable bonds is 6. The van der Waals surface area contributed by atoms with E-state index in [1.54, 1.807) is 19.2 Å². The van der Waals surface area contributed by atoms with E-state index >= 15 is 0 Å². The van der Waals surface area contributed by atoms with E-state index in [1.165, 1.54) is 5.01 Å². The number of anilines is 3. The Kier molecular flexibility index (Phi) is 5.17. The molecule has 9 N–H and O–H groups in total. The van der Waals surface area contributed by atoms with E-state index in [-0.39, 0.29) is 19.3 Å². The van der Waals surface area contributed by atoms with Crippen LogP contribution in [0.15, 0.2) is 12.1 Å². The van der Waals surface area contributed by atoms with Gasteiger partial charge < -0.3 is 32.1 Å². The molecule has 0 fully saturated rings. The van der Waals surface area contributed by atoms with Gasteiger partial charge in [0.1, 0.15) is 0 Å². The van der Waals surface area contributed by atoms with Gasteiger partial charge >= 0.3 is 0 Å². The number of hydrazine groups is 1. The first-order valence-corrected chi connectivity index (χ1v) is 5.56. The third kappa shape index (κ3) is 3.74. The summed E-state index contributed by atoms with van der Waals surface area (Å²) in [4.78, 5) is 0. The molecule has 0 radical (unpaired) electrons. The number of nitrogens with two attached hydrogens (primary N) is 4. The van der Waals surface area contributed by atoms with Gasteiger partial charge in [-0.15, -0.1) is 0 Å². The number of nitrogen functional groups attached to an aromatic ring is 2. The summed E-state index contributed by atoms with van der Waals surface area (Å²) in [7, 11) is 1.68. The molecule has 7 heteroatoms. The van der Waals surface area contributed by atoms with Gasteiger partial charge in [0.25, 0.3) is 0 Å². The molecule has 1 aromatic carbocycles. The Morgan fingerprint density at radius 1 is 1.39 bits per heavy atom. The maximum atomic E-state index is 8.76. The molecule has 0 aromatic heterocycles. The molecule has 1 atom stereocenters. The fraction of sp³-hybridized carbons (Fsp3) is 0.455. The van der Waals surface area contributed by atoms with Gasteiger partial charge in [0.2, 0.25) is 0 Å². The molecule has 0 saturated heterocycles. The van der Waals surface area contributed by atoms with Crippen LogP contribution in [0.5, 0.6) is 0 Å². The van der Waals surface area contributed by atoms with E-state index in [1.807, 2.05) is 0 Å². The van der Waals surface area contributed by atoms with Crippen molar-refractivity contribution in [3.8, 4) is 0 Å². The monoisotopic (exact) mass is 255 g/mol. The van der Waals surface area contributed by atoms with Crippen LogP contribution < -0.4 is 28.1 Å². The topological polar surface area (TPSA) is 137 Å². The second-order valence-corrected chi connectivity index (χ2v) is 4.19. The molecule has 0 amide bonds. The van der Waals surface area contributed by atoms with Crippen molar-refractivity contribution in [2.75, 3.05) is 36.7 Å². The summed E-state index contributed by atoms with van der Waals surface area (Å²) in [5.74, 6) is 5.65. The van der Waals surface area contributed by atoms with Crippen LogP contribution in [0.2, 0.25) is 0 Å². The molecule has 0 aliphatic heterocycles. The number of aliphatic hydroxyl groups excluding tert-OH is 1. The SMILES string of the molecule is CN(N)c1cc(COCC(N)CO)cc(N)c1N. The summed E-state index contributed by atoms with van der Waals surface area (Å²) in [6, 6.07) is 3.15. The summed E-state index contributed by atoms with van der Waals surface area (Å²) < 4.78 is 5.36. The van der Waals surface area contributed by atoms with E-state index in [0.29, 0.717) is 23.7 Å². The van der Waals surface area contributed by atoms with Crippen molar-refractivity contribution in [3.63, 3.8) is 0 Å². The summed E-state index contributed by atoms with van der Waals surface area (Å²) in [6.45, 7) is 0.494. The highest BCUT2D eigenvalue weighted by Gasteiger charge is 2.09. The zero-order chi connectivity index (χ0) is 13.7. The lowest BCUT2D eigenvalue weighted by Gasteiger charge is -2.18. The second-order valence-electron chi connectivity index (χ2n) is 4.19. The first-order chi connectivity index (χ1) is 8.45. The summed E-state index contributed by atoms with van der Waals surface area (Å²) in [5.41, 5.74) is 19.5. The number of aliphatic hydroxyl groups is 1. The highest BCUT2D eigenvalue weighted by molar-refractivity contribution is 5.80. The second kappa shape index (κ2) is 6.41. The lowest BCUT2D eigenvalue weighted by Crippen LogP contribution is -2.30. The molecule has 0 aliphatic carbocycles. The van der Waals surface area contributed by atoms with E-state index in [4.69, 9.17) is 32.9 Å². The van der Waals surface area contributed by atoms with E-state index in [0.717, 1.165) is 5.56 Å². The quantitative estimate of drug-likeness (QED) is 0.250. The predicted octanol–water partition coefficient (Wildman–Crippen LogP) is -1.00. The Morgan fingerprint density at radius 2 is 2.06 bits per heavy atom. The summed E-state index contributed by atoms with van der Waals surface area (Å²) >= 11 is 0. The van der Waals surface area contributed by atoms with Crippen molar-refractivity contribution in [2.24, 2.45) is 11.6 Å². The van der Waals surface area contributed by atoms with Crippen LogP contribution in [0.4, 0.5) is 17.1 Å². The van der Waals surface area contributed by atoms with Crippen molar-refractivity contribution < 1.29 is 9.84 Å². The highest BCUT2D eigenvalue weighted by atomic mass is 16.5. The van der Waals surface area contributed by atoms with Gasteiger partial charge in [0.15, 0.2) is 0 Å². The molecule has 0 spiro atoms. The summed E-state index contributed by atoms with van der Waals surface area (Å²) in [5, 5.41) is 10.2. The summed E-state index contributed by atoms with van der Waals surface area (Å²) in [6.07, 6.45) is 0. The third-order valence-corrected chi connectivity index (χ3v) is 2.47. The molecular formula is C11H21N5O2. The normalized spacial score (nSPS) is 12.4. The number of nitrogens with zero attached hydrogens (tertiary/aromatic N) is 1. The zero-order valence-corrected chi connectivity index (χ0v) is 10.5. The van der Waals surface area contributed by atoms with Crippen molar-refractivity contribution in [1.82, 2.24) is 0 Å². The van der Waals surface area contributed by atoms with Crippen LogP contribution in [0.3, 0.4) is 0 Å². The van der Waals surface area contributed by atoms with Crippen LogP contribution in [-0.4, -0.2) is 31.4 Å². The molecule has 102 valence electrons. The largest absolute Gasteiger partial charge is 0.397 e. The van der Waals surface area contributed by atoms with Crippen molar-refractivity contribution in [2.45, 2.75) is 12.6 Å². The van der Waals surface area contributed by atoms with Crippen LogP contribution in [0.1, 0.15) is 5.56 Å². The van der Waals surface area contributed by atoms with Crippen LogP contribution in [-0.2, 0) is 11.3 Å².